The number of carbonyl (C=O) groups is 1. The lowest BCUT2D eigenvalue weighted by Gasteiger charge is -2.09. The summed E-state index contributed by atoms with van der Waals surface area (Å²) in [6, 6.07) is 23.1. The van der Waals surface area contributed by atoms with Crippen molar-refractivity contribution >= 4 is 35.0 Å². The number of nitrogens with zero attached hydrogens (tertiary/aromatic N) is 2. The summed E-state index contributed by atoms with van der Waals surface area (Å²) in [5.74, 6) is 0.811. The summed E-state index contributed by atoms with van der Waals surface area (Å²) >= 11 is 7.29. The van der Waals surface area contributed by atoms with Crippen LogP contribution in [0, 0.1) is 11.3 Å². The van der Waals surface area contributed by atoms with Gasteiger partial charge < -0.3 is 15.0 Å². The number of thioether (sulfide) groups is 1. The number of hydrogen-bond donors (Lipinski definition) is 2. The molecular formula is C26H19ClN4O3S. The standard InChI is InChI=1S/C26H19ClN4O3S/c1-34-21-10-4-6-17(13-21)23-22(14-28)25(33)31-26(30-23)35-15-16-5-2-9-20(11-16)29-24(32)18-7-3-8-19(27)12-18/h2-13H,15H2,1H3,(H,29,32)(H,30,31,33). The van der Waals surface area contributed by atoms with Gasteiger partial charge in [0.05, 0.1) is 12.8 Å². The van der Waals surface area contributed by atoms with Crippen molar-refractivity contribution in [2.45, 2.75) is 10.9 Å². The van der Waals surface area contributed by atoms with Crippen LogP contribution in [0.1, 0.15) is 21.5 Å². The number of hydrogen-bond acceptors (Lipinski definition) is 6. The Morgan fingerprint density at radius 1 is 1.14 bits per heavy atom. The molecule has 1 heterocycles. The monoisotopic (exact) mass is 502 g/mol. The summed E-state index contributed by atoms with van der Waals surface area (Å²) in [5.41, 5.74) is 2.33. The molecule has 0 aliphatic carbocycles. The molecule has 0 saturated heterocycles. The third-order valence-corrected chi connectivity index (χ3v) is 6.18. The third-order valence-electron chi connectivity index (χ3n) is 5.00. The maximum atomic E-state index is 12.5. The van der Waals surface area contributed by atoms with Crippen molar-refractivity contribution in [3.63, 3.8) is 0 Å². The van der Waals surface area contributed by atoms with Crippen LogP contribution in [-0.4, -0.2) is 23.0 Å². The summed E-state index contributed by atoms with van der Waals surface area (Å²) in [4.78, 5) is 32.3. The average molecular weight is 503 g/mol. The van der Waals surface area contributed by atoms with Gasteiger partial charge in [0.15, 0.2) is 5.16 Å². The fourth-order valence-electron chi connectivity index (χ4n) is 3.33. The molecule has 4 rings (SSSR count). The SMILES string of the molecule is COc1cccc(-c2nc(SCc3cccc(NC(=O)c4cccc(Cl)c4)c3)[nH]c(=O)c2C#N)c1. The number of methoxy groups -OCH3 is 1. The van der Waals surface area contributed by atoms with Crippen LogP contribution in [0.15, 0.2) is 82.7 Å². The van der Waals surface area contributed by atoms with E-state index in [0.717, 1.165) is 5.56 Å². The first kappa shape index (κ1) is 24.1. The number of H-pyrrole nitrogens is 1. The molecule has 174 valence electrons. The molecule has 7 nitrogen and oxygen atoms in total. The topological polar surface area (TPSA) is 108 Å². The number of halogens is 1. The molecule has 2 N–H and O–H groups in total. The highest BCUT2D eigenvalue weighted by Crippen LogP contribution is 2.27. The normalized spacial score (nSPS) is 10.4. The second kappa shape index (κ2) is 10.9. The van der Waals surface area contributed by atoms with E-state index in [1.807, 2.05) is 24.3 Å². The van der Waals surface area contributed by atoms with E-state index in [-0.39, 0.29) is 11.5 Å². The van der Waals surface area contributed by atoms with Crippen molar-refractivity contribution in [2.75, 3.05) is 12.4 Å². The number of anilines is 1. The van der Waals surface area contributed by atoms with Crippen molar-refractivity contribution in [2.24, 2.45) is 0 Å². The highest BCUT2D eigenvalue weighted by molar-refractivity contribution is 7.98. The van der Waals surface area contributed by atoms with Crippen LogP contribution in [0.25, 0.3) is 11.3 Å². The second-order valence-electron chi connectivity index (χ2n) is 7.39. The number of benzene rings is 3. The maximum Gasteiger partial charge on any atom is 0.270 e. The van der Waals surface area contributed by atoms with E-state index in [2.05, 4.69) is 15.3 Å². The Balaban J connectivity index is 1.53. The lowest BCUT2D eigenvalue weighted by molar-refractivity contribution is 0.102. The van der Waals surface area contributed by atoms with Gasteiger partial charge in [-0.3, -0.25) is 9.59 Å². The summed E-state index contributed by atoms with van der Waals surface area (Å²) in [6.45, 7) is 0. The lowest BCUT2D eigenvalue weighted by atomic mass is 10.1. The first-order valence-corrected chi connectivity index (χ1v) is 11.8. The Bertz CT molecular complexity index is 1500. The molecule has 0 atom stereocenters. The first-order valence-electron chi connectivity index (χ1n) is 10.4. The van der Waals surface area contributed by atoms with Gasteiger partial charge in [0.2, 0.25) is 0 Å². The average Bonchev–Trinajstić information content (AvgIpc) is 2.87. The van der Waals surface area contributed by atoms with Crippen molar-refractivity contribution < 1.29 is 9.53 Å². The van der Waals surface area contributed by atoms with Crippen LogP contribution in [0.5, 0.6) is 5.75 Å². The van der Waals surface area contributed by atoms with E-state index in [9.17, 15) is 14.9 Å². The Labute approximate surface area is 210 Å². The zero-order chi connectivity index (χ0) is 24.8. The van der Waals surface area contributed by atoms with Gasteiger partial charge in [0.1, 0.15) is 17.4 Å². The van der Waals surface area contributed by atoms with Gasteiger partial charge in [-0.15, -0.1) is 0 Å². The predicted molar refractivity (Wildman–Crippen MR) is 137 cm³/mol. The highest BCUT2D eigenvalue weighted by atomic mass is 35.5. The van der Waals surface area contributed by atoms with Crippen molar-refractivity contribution in [1.29, 1.82) is 5.26 Å². The Morgan fingerprint density at radius 2 is 1.94 bits per heavy atom. The van der Waals surface area contributed by atoms with E-state index < -0.39 is 5.56 Å². The molecule has 4 aromatic rings. The van der Waals surface area contributed by atoms with Crippen LogP contribution >= 0.6 is 23.4 Å². The van der Waals surface area contributed by atoms with Gasteiger partial charge in [0, 0.05) is 27.6 Å². The second-order valence-corrected chi connectivity index (χ2v) is 8.79. The van der Waals surface area contributed by atoms with Gasteiger partial charge in [-0.25, -0.2) is 4.98 Å². The van der Waals surface area contributed by atoms with Gasteiger partial charge in [-0.05, 0) is 48.0 Å². The number of carbonyl (C=O) groups excluding carboxylic acids is 1. The zero-order valence-electron chi connectivity index (χ0n) is 18.5. The number of nitriles is 1. The fourth-order valence-corrected chi connectivity index (χ4v) is 4.32. The number of aromatic amines is 1. The van der Waals surface area contributed by atoms with E-state index >= 15 is 0 Å². The molecule has 0 unspecified atom stereocenters. The van der Waals surface area contributed by atoms with E-state index in [1.54, 1.807) is 61.7 Å². The van der Waals surface area contributed by atoms with Gasteiger partial charge >= 0.3 is 0 Å². The van der Waals surface area contributed by atoms with Crippen LogP contribution in [0.2, 0.25) is 5.02 Å². The first-order chi connectivity index (χ1) is 17.0. The Kier molecular flexibility index (Phi) is 7.51. The van der Waals surface area contributed by atoms with Gasteiger partial charge in [-0.1, -0.05) is 53.7 Å². The molecule has 3 aromatic carbocycles. The van der Waals surface area contributed by atoms with Crippen LogP contribution < -0.4 is 15.6 Å². The van der Waals surface area contributed by atoms with Crippen LogP contribution in [0.3, 0.4) is 0 Å². The van der Waals surface area contributed by atoms with Crippen molar-refractivity contribution in [1.82, 2.24) is 9.97 Å². The molecule has 0 aliphatic heterocycles. The minimum atomic E-state index is -0.509. The highest BCUT2D eigenvalue weighted by Gasteiger charge is 2.15. The molecule has 0 bridgehead atoms. The van der Waals surface area contributed by atoms with Gasteiger partial charge in [-0.2, -0.15) is 5.26 Å². The Morgan fingerprint density at radius 3 is 2.71 bits per heavy atom. The van der Waals surface area contributed by atoms with E-state index in [1.165, 1.54) is 11.8 Å². The lowest BCUT2D eigenvalue weighted by Crippen LogP contribution is -2.14. The minimum absolute atomic E-state index is 0.0617. The molecule has 9 heteroatoms. The molecular weight excluding hydrogens is 484 g/mol. The van der Waals surface area contributed by atoms with E-state index in [4.69, 9.17) is 16.3 Å². The molecule has 35 heavy (non-hydrogen) atoms. The summed E-state index contributed by atoms with van der Waals surface area (Å²) in [5, 5.41) is 13.2. The molecule has 0 aliphatic rings. The number of ether oxygens (including phenoxy) is 1. The minimum Gasteiger partial charge on any atom is -0.497 e. The molecule has 0 saturated carbocycles. The summed E-state index contributed by atoms with van der Waals surface area (Å²) < 4.78 is 5.25. The number of nitrogens with one attached hydrogen (secondary N) is 2. The van der Waals surface area contributed by atoms with Crippen molar-refractivity contribution in [3.8, 4) is 23.1 Å². The molecule has 0 fully saturated rings. The number of rotatable bonds is 7. The zero-order valence-corrected chi connectivity index (χ0v) is 20.1. The molecule has 1 amide bonds. The Hall–Kier alpha value is -4.06. The van der Waals surface area contributed by atoms with Crippen molar-refractivity contribution in [3.05, 3.63) is 105 Å². The van der Waals surface area contributed by atoms with Crippen LogP contribution in [0.4, 0.5) is 5.69 Å². The van der Waals surface area contributed by atoms with Crippen LogP contribution in [-0.2, 0) is 5.75 Å². The summed E-state index contributed by atoms with van der Waals surface area (Å²) in [7, 11) is 1.54. The van der Waals surface area contributed by atoms with E-state index in [0.29, 0.717) is 44.2 Å². The predicted octanol–water partition coefficient (Wildman–Crippen LogP) is 5.52. The molecule has 0 radical (unpaired) electrons. The quantitative estimate of drug-likeness (QED) is 0.254. The largest absolute Gasteiger partial charge is 0.497 e. The molecule has 1 aromatic heterocycles. The molecule has 0 spiro atoms. The third kappa shape index (κ3) is 5.90. The smallest absolute Gasteiger partial charge is 0.270 e. The number of aromatic nitrogens is 2. The maximum absolute atomic E-state index is 12.5. The number of amides is 1. The van der Waals surface area contributed by atoms with Gasteiger partial charge in [0.25, 0.3) is 11.5 Å². The fraction of sp³-hybridized carbons (Fsp3) is 0.0769. The summed E-state index contributed by atoms with van der Waals surface area (Å²) in [6.07, 6.45) is 0.